The summed E-state index contributed by atoms with van der Waals surface area (Å²) in [5.41, 5.74) is 6.70. The van der Waals surface area contributed by atoms with Crippen LogP contribution < -0.4 is 21.5 Å². The fraction of sp³-hybridized carbons (Fsp3) is 0.300. The number of aromatic nitrogens is 4. The van der Waals surface area contributed by atoms with Gasteiger partial charge in [-0.1, -0.05) is 30.3 Å². The zero-order valence-corrected chi connectivity index (χ0v) is 15.9. The molecule has 0 fully saturated rings. The number of anilines is 1. The summed E-state index contributed by atoms with van der Waals surface area (Å²) in [6.07, 6.45) is 3.82. The third-order valence-corrected chi connectivity index (χ3v) is 5.37. The monoisotopic (exact) mass is 380 g/mol. The zero-order chi connectivity index (χ0) is 20.0. The van der Waals surface area contributed by atoms with Crippen LogP contribution in [0.3, 0.4) is 0 Å². The van der Waals surface area contributed by atoms with E-state index in [4.69, 9.17) is 5.73 Å². The maximum absolute atomic E-state index is 13.0. The third kappa shape index (κ3) is 2.69. The van der Waals surface area contributed by atoms with E-state index in [1.54, 1.807) is 0 Å². The summed E-state index contributed by atoms with van der Waals surface area (Å²) >= 11 is 0. The van der Waals surface area contributed by atoms with Crippen molar-refractivity contribution in [2.45, 2.75) is 25.9 Å². The summed E-state index contributed by atoms with van der Waals surface area (Å²) in [5.74, 6) is 0.545. The van der Waals surface area contributed by atoms with E-state index in [1.165, 1.54) is 14.1 Å². The lowest BCUT2D eigenvalue weighted by molar-refractivity contribution is -0.689. The molecule has 144 valence electrons. The molecule has 2 N–H and O–H groups in total. The Balaban J connectivity index is 1.77. The molecule has 0 atom stereocenters. The van der Waals surface area contributed by atoms with Gasteiger partial charge in [0, 0.05) is 19.7 Å². The van der Waals surface area contributed by atoms with Crippen LogP contribution in [-0.2, 0) is 33.6 Å². The Kier molecular flexibility index (Phi) is 4.26. The lowest BCUT2D eigenvalue weighted by atomic mass is 10.1. The molecular weight excluding hydrogens is 358 g/mol. The van der Waals surface area contributed by atoms with Crippen molar-refractivity contribution in [1.29, 1.82) is 0 Å². The molecule has 0 radical (unpaired) electrons. The highest BCUT2D eigenvalue weighted by Crippen LogP contribution is 2.24. The number of Topliss-reactive ketones (excluding diaryl/α,β-unsaturated/α-hetero) is 1. The van der Waals surface area contributed by atoms with E-state index in [2.05, 4.69) is 4.57 Å². The lowest BCUT2D eigenvalue weighted by Gasteiger charge is -2.10. The van der Waals surface area contributed by atoms with Crippen molar-refractivity contribution >= 4 is 11.6 Å². The minimum absolute atomic E-state index is 0.000188. The SMILES string of the molecule is Cn1c(N)c(C(=O)C[n+]2cc(-c3ccccc3)n3c2CCC3)c(=O)n(C)c1=O. The number of ketones is 1. The highest BCUT2D eigenvalue weighted by molar-refractivity contribution is 5.98. The predicted octanol–water partition coefficient (Wildman–Crippen LogP) is 0.251. The van der Waals surface area contributed by atoms with Crippen molar-refractivity contribution < 1.29 is 9.36 Å². The number of nitrogens with zero attached hydrogens (tertiary/aromatic N) is 4. The minimum Gasteiger partial charge on any atom is -0.384 e. The Hall–Kier alpha value is -3.42. The van der Waals surface area contributed by atoms with Gasteiger partial charge in [0.25, 0.3) is 11.4 Å². The molecule has 8 nitrogen and oxygen atoms in total. The number of fused-ring (bicyclic) bond motifs is 1. The van der Waals surface area contributed by atoms with Crippen LogP contribution in [0.4, 0.5) is 5.82 Å². The maximum atomic E-state index is 13.0. The first-order chi connectivity index (χ1) is 13.4. The van der Waals surface area contributed by atoms with Crippen molar-refractivity contribution in [3.05, 3.63) is 68.8 Å². The van der Waals surface area contributed by atoms with Crippen LogP contribution in [0.2, 0.25) is 0 Å². The van der Waals surface area contributed by atoms with Crippen molar-refractivity contribution in [1.82, 2.24) is 13.7 Å². The molecular formula is C20H22N5O3+. The van der Waals surface area contributed by atoms with Crippen molar-refractivity contribution in [2.75, 3.05) is 5.73 Å². The Morgan fingerprint density at radius 2 is 1.86 bits per heavy atom. The summed E-state index contributed by atoms with van der Waals surface area (Å²) in [6, 6.07) is 10.00. The highest BCUT2D eigenvalue weighted by Gasteiger charge is 2.31. The number of carbonyl (C=O) groups excluding carboxylic acids is 1. The van der Waals surface area contributed by atoms with Gasteiger partial charge in [-0.15, -0.1) is 0 Å². The van der Waals surface area contributed by atoms with Crippen LogP contribution in [0.15, 0.2) is 46.1 Å². The summed E-state index contributed by atoms with van der Waals surface area (Å²) in [6.45, 7) is 0.893. The van der Waals surface area contributed by atoms with Gasteiger partial charge in [-0.3, -0.25) is 18.7 Å². The molecule has 8 heteroatoms. The van der Waals surface area contributed by atoms with Gasteiger partial charge < -0.3 is 5.73 Å². The molecule has 0 amide bonds. The van der Waals surface area contributed by atoms with E-state index in [1.807, 2.05) is 41.1 Å². The van der Waals surface area contributed by atoms with Crippen molar-refractivity contribution in [2.24, 2.45) is 14.1 Å². The van der Waals surface area contributed by atoms with Crippen molar-refractivity contribution in [3.63, 3.8) is 0 Å². The first-order valence-electron chi connectivity index (χ1n) is 9.16. The topological polar surface area (TPSA) is 95.9 Å². The average molecular weight is 380 g/mol. The van der Waals surface area contributed by atoms with E-state index in [9.17, 15) is 14.4 Å². The smallest absolute Gasteiger partial charge is 0.332 e. The second kappa shape index (κ2) is 6.63. The number of nitrogens with two attached hydrogens (primary N) is 1. The van der Waals surface area contributed by atoms with Gasteiger partial charge in [0.05, 0.1) is 13.0 Å². The van der Waals surface area contributed by atoms with Gasteiger partial charge in [-0.05, 0) is 6.42 Å². The van der Waals surface area contributed by atoms with Gasteiger partial charge in [0.1, 0.15) is 17.6 Å². The Morgan fingerprint density at radius 1 is 1.14 bits per heavy atom. The van der Waals surface area contributed by atoms with Gasteiger partial charge >= 0.3 is 5.69 Å². The van der Waals surface area contributed by atoms with Crippen LogP contribution in [0.25, 0.3) is 11.3 Å². The van der Waals surface area contributed by atoms with E-state index < -0.39 is 17.0 Å². The molecule has 0 bridgehead atoms. The quantitative estimate of drug-likeness (QED) is 0.518. The van der Waals surface area contributed by atoms with Gasteiger partial charge in [0.2, 0.25) is 5.78 Å². The number of imidazole rings is 1. The Labute approximate surface area is 161 Å². The molecule has 0 saturated carbocycles. The van der Waals surface area contributed by atoms with Crippen molar-refractivity contribution in [3.8, 4) is 11.3 Å². The van der Waals surface area contributed by atoms with Crippen LogP contribution in [0, 0.1) is 0 Å². The fourth-order valence-corrected chi connectivity index (χ4v) is 3.84. The Morgan fingerprint density at radius 3 is 2.57 bits per heavy atom. The van der Waals surface area contributed by atoms with E-state index in [0.29, 0.717) is 0 Å². The lowest BCUT2D eigenvalue weighted by Crippen LogP contribution is -2.45. The second-order valence-corrected chi connectivity index (χ2v) is 7.07. The first-order valence-corrected chi connectivity index (χ1v) is 9.16. The molecule has 3 heterocycles. The summed E-state index contributed by atoms with van der Waals surface area (Å²) < 4.78 is 6.14. The standard InChI is InChI=1S/C20H21N5O3/c1-22-18(21)17(19(27)23(2)20(22)28)15(26)12-24-11-14(13-7-4-3-5-8-13)25-10-6-9-16(24)25/h3-5,7-8,11H,6,9-10,12H2,1-2H3,(H-,21,26,27)/p+1. The number of nitrogen functional groups attached to an aromatic ring is 1. The maximum Gasteiger partial charge on any atom is 0.332 e. The minimum atomic E-state index is -0.662. The average Bonchev–Trinajstić information content (AvgIpc) is 3.29. The molecule has 1 aromatic carbocycles. The Bertz CT molecular complexity index is 1200. The number of carbonyl (C=O) groups is 1. The largest absolute Gasteiger partial charge is 0.384 e. The molecule has 1 aliphatic rings. The molecule has 3 aromatic rings. The van der Waals surface area contributed by atoms with E-state index in [0.717, 1.165) is 45.6 Å². The summed E-state index contributed by atoms with van der Waals surface area (Å²) in [5, 5.41) is 0. The van der Waals surface area contributed by atoms with E-state index in [-0.39, 0.29) is 17.9 Å². The molecule has 2 aromatic heterocycles. The fourth-order valence-electron chi connectivity index (χ4n) is 3.84. The second-order valence-electron chi connectivity index (χ2n) is 7.07. The summed E-state index contributed by atoms with van der Waals surface area (Å²) in [4.78, 5) is 37.5. The number of hydrogen-bond acceptors (Lipinski definition) is 4. The normalized spacial score (nSPS) is 12.9. The first kappa shape index (κ1) is 18.0. The van der Waals surface area contributed by atoms with Crippen LogP contribution in [0.5, 0.6) is 0 Å². The molecule has 0 unspecified atom stereocenters. The third-order valence-electron chi connectivity index (χ3n) is 5.37. The van der Waals surface area contributed by atoms with Gasteiger partial charge in [-0.25, -0.2) is 13.9 Å². The number of benzene rings is 1. The molecule has 4 rings (SSSR count). The molecule has 1 aliphatic heterocycles. The summed E-state index contributed by atoms with van der Waals surface area (Å²) in [7, 11) is 2.79. The molecule has 0 spiro atoms. The molecule has 0 saturated heterocycles. The van der Waals surface area contributed by atoms with E-state index >= 15 is 0 Å². The van der Waals surface area contributed by atoms with Gasteiger partial charge in [-0.2, -0.15) is 0 Å². The number of hydrogen-bond donors (Lipinski definition) is 1. The zero-order valence-electron chi connectivity index (χ0n) is 15.9. The van der Waals surface area contributed by atoms with Gasteiger partial charge in [0.15, 0.2) is 12.2 Å². The number of rotatable bonds is 4. The van der Waals surface area contributed by atoms with Crippen LogP contribution in [-0.4, -0.2) is 19.5 Å². The molecule has 28 heavy (non-hydrogen) atoms. The highest BCUT2D eigenvalue weighted by atomic mass is 16.2. The van der Waals surface area contributed by atoms with Crippen LogP contribution in [0.1, 0.15) is 22.6 Å². The molecule has 0 aliphatic carbocycles. The predicted molar refractivity (Wildman–Crippen MR) is 104 cm³/mol. The van der Waals surface area contributed by atoms with Crippen LogP contribution >= 0.6 is 0 Å².